The van der Waals surface area contributed by atoms with Crippen LogP contribution in [0.15, 0.2) is 23.1 Å². The average Bonchev–Trinajstić information content (AvgIpc) is 2.41. The van der Waals surface area contributed by atoms with E-state index in [1.165, 1.54) is 25.1 Å². The Hall–Kier alpha value is -0.820. The van der Waals surface area contributed by atoms with Gasteiger partial charge in [0, 0.05) is 11.1 Å². The molecule has 2 N–H and O–H groups in total. The second-order valence-electron chi connectivity index (χ2n) is 5.12. The number of hydrogen-bond donors (Lipinski definition) is 2. The van der Waals surface area contributed by atoms with Gasteiger partial charge in [-0.25, -0.2) is 8.42 Å². The highest BCUT2D eigenvalue weighted by Crippen LogP contribution is 2.24. The Morgan fingerprint density at radius 3 is 2.50 bits per heavy atom. The lowest BCUT2D eigenvalue weighted by atomic mass is 10.2. The number of hydrogen-bond acceptors (Lipinski definition) is 3. The minimum atomic E-state index is -3.93. The van der Waals surface area contributed by atoms with Gasteiger partial charge in [0.1, 0.15) is 4.90 Å². The minimum Gasteiger partial charge on any atom is -0.352 e. The van der Waals surface area contributed by atoms with Gasteiger partial charge in [-0.2, -0.15) is 4.72 Å². The monoisotopic (exact) mass is 366 g/mol. The summed E-state index contributed by atoms with van der Waals surface area (Å²) < 4.78 is 26.9. The van der Waals surface area contributed by atoms with E-state index in [-0.39, 0.29) is 26.9 Å². The molecule has 0 spiro atoms. The molecule has 8 heteroatoms. The van der Waals surface area contributed by atoms with Crippen LogP contribution in [0.25, 0.3) is 0 Å². The lowest BCUT2D eigenvalue weighted by Gasteiger charge is -2.18. The van der Waals surface area contributed by atoms with Crippen molar-refractivity contribution in [1.29, 1.82) is 0 Å². The van der Waals surface area contributed by atoms with Crippen LogP contribution < -0.4 is 10.0 Å². The quantitative estimate of drug-likeness (QED) is 0.778. The van der Waals surface area contributed by atoms with E-state index in [0.29, 0.717) is 0 Å². The molecule has 0 aromatic heterocycles. The molecule has 1 aromatic rings. The summed E-state index contributed by atoms with van der Waals surface area (Å²) in [6.07, 6.45) is 1.75. The molecule has 22 heavy (non-hydrogen) atoms. The summed E-state index contributed by atoms with van der Waals surface area (Å²) in [5, 5.41) is 3.05. The van der Waals surface area contributed by atoms with Gasteiger partial charge in [-0.1, -0.05) is 36.5 Å². The first-order valence-electron chi connectivity index (χ1n) is 6.95. The van der Waals surface area contributed by atoms with E-state index in [2.05, 4.69) is 10.0 Å². The van der Waals surface area contributed by atoms with Gasteiger partial charge in [0.2, 0.25) is 15.9 Å². The molecule has 0 aliphatic heterocycles. The molecule has 5 nitrogen and oxygen atoms in total. The van der Waals surface area contributed by atoms with Gasteiger partial charge in [0.25, 0.3) is 0 Å². The van der Waals surface area contributed by atoms with E-state index in [9.17, 15) is 13.2 Å². The normalized spacial score (nSPS) is 14.4. The van der Waals surface area contributed by atoms with Crippen LogP contribution in [0.1, 0.15) is 33.6 Å². The SMILES string of the molecule is CCC[C@@H](C)NC(=O)[C@@H](C)NS(=O)(=O)c1cc(Cl)ccc1Cl. The van der Waals surface area contributed by atoms with Crippen molar-refractivity contribution in [1.82, 2.24) is 10.0 Å². The summed E-state index contributed by atoms with van der Waals surface area (Å²) in [6.45, 7) is 5.36. The van der Waals surface area contributed by atoms with Crippen molar-refractivity contribution < 1.29 is 13.2 Å². The van der Waals surface area contributed by atoms with Gasteiger partial charge in [-0.05, 0) is 38.5 Å². The zero-order valence-corrected chi connectivity index (χ0v) is 15.0. The van der Waals surface area contributed by atoms with Crippen LogP contribution in [0.4, 0.5) is 0 Å². The number of carbonyl (C=O) groups excluding carboxylic acids is 1. The molecule has 1 amide bonds. The molecule has 0 unspecified atom stereocenters. The molecular weight excluding hydrogens is 347 g/mol. The van der Waals surface area contributed by atoms with Crippen molar-refractivity contribution in [3.8, 4) is 0 Å². The molecule has 0 saturated carbocycles. The lowest BCUT2D eigenvalue weighted by molar-refractivity contribution is -0.123. The molecular formula is C14H20Cl2N2O3S. The fourth-order valence-electron chi connectivity index (χ4n) is 1.91. The molecule has 2 atom stereocenters. The van der Waals surface area contributed by atoms with Crippen molar-refractivity contribution in [3.05, 3.63) is 28.2 Å². The van der Waals surface area contributed by atoms with E-state index in [4.69, 9.17) is 23.2 Å². The molecule has 0 bridgehead atoms. The fraction of sp³-hybridized carbons (Fsp3) is 0.500. The van der Waals surface area contributed by atoms with Gasteiger partial charge in [0.05, 0.1) is 11.1 Å². The summed E-state index contributed by atoms with van der Waals surface area (Å²) in [7, 11) is -3.93. The first-order valence-corrected chi connectivity index (χ1v) is 9.19. The number of amides is 1. The lowest BCUT2D eigenvalue weighted by Crippen LogP contribution is -2.47. The third-order valence-corrected chi connectivity index (χ3v) is 5.28. The van der Waals surface area contributed by atoms with Crippen molar-refractivity contribution in [3.63, 3.8) is 0 Å². The zero-order valence-electron chi connectivity index (χ0n) is 12.7. The summed E-state index contributed by atoms with van der Waals surface area (Å²) in [5.41, 5.74) is 0. The van der Waals surface area contributed by atoms with Crippen LogP contribution >= 0.6 is 23.2 Å². The summed E-state index contributed by atoms with van der Waals surface area (Å²) >= 11 is 11.7. The predicted molar refractivity (Wildman–Crippen MR) is 88.8 cm³/mol. The molecule has 124 valence electrons. The molecule has 1 rings (SSSR count). The molecule has 0 aliphatic carbocycles. The van der Waals surface area contributed by atoms with Crippen LogP contribution in [0, 0.1) is 0 Å². The van der Waals surface area contributed by atoms with Crippen molar-refractivity contribution >= 4 is 39.1 Å². The Bertz CT molecular complexity index is 635. The van der Waals surface area contributed by atoms with Crippen molar-refractivity contribution in [2.45, 2.75) is 50.6 Å². The third kappa shape index (κ3) is 5.43. The van der Waals surface area contributed by atoms with Crippen LogP contribution in [-0.4, -0.2) is 26.4 Å². The number of benzene rings is 1. The second-order valence-corrected chi connectivity index (χ2v) is 7.64. The maximum Gasteiger partial charge on any atom is 0.242 e. The predicted octanol–water partition coefficient (Wildman–Crippen LogP) is 2.97. The number of halogens is 2. The molecule has 0 heterocycles. The highest BCUT2D eigenvalue weighted by molar-refractivity contribution is 7.89. The van der Waals surface area contributed by atoms with Gasteiger partial charge < -0.3 is 5.32 Å². The van der Waals surface area contributed by atoms with E-state index in [0.717, 1.165) is 12.8 Å². The van der Waals surface area contributed by atoms with E-state index in [1.807, 2.05) is 13.8 Å². The third-order valence-electron chi connectivity index (χ3n) is 3.02. The Morgan fingerprint density at radius 1 is 1.27 bits per heavy atom. The van der Waals surface area contributed by atoms with Crippen molar-refractivity contribution in [2.24, 2.45) is 0 Å². The average molecular weight is 367 g/mol. The van der Waals surface area contributed by atoms with E-state index < -0.39 is 16.1 Å². The first kappa shape index (κ1) is 19.2. The van der Waals surface area contributed by atoms with Crippen LogP contribution in [0.5, 0.6) is 0 Å². The summed E-state index contributed by atoms with van der Waals surface area (Å²) in [5.74, 6) is -0.386. The number of rotatable bonds is 7. The minimum absolute atomic E-state index is 0.0146. The Morgan fingerprint density at radius 2 is 1.91 bits per heavy atom. The topological polar surface area (TPSA) is 75.3 Å². The van der Waals surface area contributed by atoms with Gasteiger partial charge in [-0.15, -0.1) is 0 Å². The van der Waals surface area contributed by atoms with Crippen LogP contribution in [-0.2, 0) is 14.8 Å². The van der Waals surface area contributed by atoms with E-state index >= 15 is 0 Å². The standard InChI is InChI=1S/C14H20Cl2N2O3S/c1-4-5-9(2)17-14(19)10(3)18-22(20,21)13-8-11(15)6-7-12(13)16/h6-10,18H,4-5H2,1-3H3,(H,17,19)/t9-,10-/m1/s1. The van der Waals surface area contributed by atoms with E-state index in [1.54, 1.807) is 0 Å². The van der Waals surface area contributed by atoms with Gasteiger partial charge >= 0.3 is 0 Å². The van der Waals surface area contributed by atoms with Gasteiger partial charge in [-0.3, -0.25) is 4.79 Å². The molecule has 0 fully saturated rings. The van der Waals surface area contributed by atoms with Gasteiger partial charge in [0.15, 0.2) is 0 Å². The second kappa shape index (κ2) is 8.15. The highest BCUT2D eigenvalue weighted by Gasteiger charge is 2.24. The largest absolute Gasteiger partial charge is 0.352 e. The Kier molecular flexibility index (Phi) is 7.12. The number of nitrogens with one attached hydrogen (secondary N) is 2. The van der Waals surface area contributed by atoms with Crippen molar-refractivity contribution in [2.75, 3.05) is 0 Å². The Labute approximate surface area is 141 Å². The molecule has 0 aliphatic rings. The summed E-state index contributed by atoms with van der Waals surface area (Å²) in [6, 6.07) is 3.20. The molecule has 0 saturated heterocycles. The highest BCUT2D eigenvalue weighted by atomic mass is 35.5. The fourth-order valence-corrected chi connectivity index (χ4v) is 3.87. The molecule has 1 aromatic carbocycles. The maximum atomic E-state index is 12.3. The zero-order chi connectivity index (χ0) is 16.9. The Balaban J connectivity index is 2.83. The summed E-state index contributed by atoms with van der Waals surface area (Å²) in [4.78, 5) is 11.8. The molecule has 0 radical (unpaired) electrons. The maximum absolute atomic E-state index is 12.3. The van der Waals surface area contributed by atoms with Crippen LogP contribution in [0.2, 0.25) is 10.0 Å². The number of carbonyl (C=O) groups is 1. The van der Waals surface area contributed by atoms with Crippen LogP contribution in [0.3, 0.4) is 0 Å². The first-order chi connectivity index (χ1) is 10.2. The number of sulfonamides is 1. The smallest absolute Gasteiger partial charge is 0.242 e.